The molecule has 2 aromatic heterocycles. The van der Waals surface area contributed by atoms with Crippen LogP contribution in [0.4, 0.5) is 0 Å². The Bertz CT molecular complexity index is 504. The van der Waals surface area contributed by atoms with Crippen LogP contribution in [0.15, 0.2) is 16.9 Å². The molecule has 90 valence electrons. The van der Waals surface area contributed by atoms with Crippen LogP contribution in [0, 0.1) is 0 Å². The molecule has 0 aliphatic heterocycles. The number of halogens is 1. The molecule has 0 spiro atoms. The van der Waals surface area contributed by atoms with Crippen LogP contribution in [0.25, 0.3) is 5.95 Å². The summed E-state index contributed by atoms with van der Waals surface area (Å²) in [6.45, 7) is 3.85. The van der Waals surface area contributed by atoms with Crippen molar-refractivity contribution in [3.05, 3.63) is 28.5 Å². The largest absolute Gasteiger partial charge is 0.322 e. The Morgan fingerprint density at radius 3 is 2.59 bits per heavy atom. The first-order valence-electron chi connectivity index (χ1n) is 5.31. The van der Waals surface area contributed by atoms with Gasteiger partial charge in [-0.15, -0.1) is 5.10 Å². The molecular weight excluding hydrogens is 284 g/mol. The van der Waals surface area contributed by atoms with Crippen LogP contribution in [-0.2, 0) is 6.42 Å². The van der Waals surface area contributed by atoms with Crippen LogP contribution in [0.3, 0.4) is 0 Å². The maximum Gasteiger partial charge on any atom is 0.252 e. The van der Waals surface area contributed by atoms with E-state index in [2.05, 4.69) is 36.0 Å². The van der Waals surface area contributed by atoms with Gasteiger partial charge in [0, 0.05) is 18.8 Å². The van der Waals surface area contributed by atoms with Crippen molar-refractivity contribution in [1.82, 2.24) is 24.7 Å². The van der Waals surface area contributed by atoms with Gasteiger partial charge in [0.25, 0.3) is 5.95 Å². The van der Waals surface area contributed by atoms with Crippen molar-refractivity contribution in [2.24, 2.45) is 5.73 Å². The third-order valence-corrected chi connectivity index (χ3v) is 2.61. The lowest BCUT2D eigenvalue weighted by atomic mass is 10.3. The number of hydrogen-bond acceptors (Lipinski definition) is 5. The molecular formula is C10H13BrN6. The molecule has 0 saturated heterocycles. The molecule has 0 aliphatic rings. The van der Waals surface area contributed by atoms with E-state index in [4.69, 9.17) is 5.73 Å². The number of aromatic nitrogens is 5. The molecule has 2 heterocycles. The van der Waals surface area contributed by atoms with Gasteiger partial charge in [0.1, 0.15) is 0 Å². The summed E-state index contributed by atoms with van der Waals surface area (Å²) in [7, 11) is 0. The molecule has 2 N–H and O–H groups in total. The Hall–Kier alpha value is -1.34. The first kappa shape index (κ1) is 12.1. The molecule has 0 amide bonds. The predicted octanol–water partition coefficient (Wildman–Crippen LogP) is 1.40. The summed E-state index contributed by atoms with van der Waals surface area (Å²) in [6, 6.07) is -0.213. The molecule has 0 aromatic carbocycles. The van der Waals surface area contributed by atoms with E-state index in [1.165, 1.54) is 0 Å². The highest BCUT2D eigenvalue weighted by molar-refractivity contribution is 9.10. The summed E-state index contributed by atoms with van der Waals surface area (Å²) in [4.78, 5) is 12.7. The molecule has 0 aliphatic carbocycles. The molecule has 0 fully saturated rings. The number of hydrogen-bond donors (Lipinski definition) is 1. The molecule has 0 bridgehead atoms. The van der Waals surface area contributed by atoms with Crippen molar-refractivity contribution < 1.29 is 0 Å². The van der Waals surface area contributed by atoms with Gasteiger partial charge in [-0.1, -0.05) is 6.92 Å². The average Bonchev–Trinajstić information content (AvgIpc) is 2.74. The average molecular weight is 297 g/mol. The molecule has 2 rings (SSSR count). The van der Waals surface area contributed by atoms with Gasteiger partial charge in [-0.2, -0.15) is 4.68 Å². The van der Waals surface area contributed by atoms with Crippen molar-refractivity contribution in [2.75, 3.05) is 0 Å². The Labute approximate surface area is 107 Å². The zero-order chi connectivity index (χ0) is 12.4. The summed E-state index contributed by atoms with van der Waals surface area (Å²) in [5.74, 6) is 1.89. The number of rotatable bonds is 3. The van der Waals surface area contributed by atoms with Crippen LogP contribution in [0.2, 0.25) is 0 Å². The lowest BCUT2D eigenvalue weighted by molar-refractivity contribution is 0.667. The second-order valence-corrected chi connectivity index (χ2v) is 4.56. The second kappa shape index (κ2) is 4.89. The van der Waals surface area contributed by atoms with E-state index < -0.39 is 0 Å². The smallest absolute Gasteiger partial charge is 0.252 e. The predicted molar refractivity (Wildman–Crippen MR) is 66.6 cm³/mol. The summed E-state index contributed by atoms with van der Waals surface area (Å²) >= 11 is 3.29. The highest BCUT2D eigenvalue weighted by Crippen LogP contribution is 2.13. The van der Waals surface area contributed by atoms with E-state index in [1.807, 2.05) is 13.8 Å². The van der Waals surface area contributed by atoms with Gasteiger partial charge >= 0.3 is 0 Å². The van der Waals surface area contributed by atoms with E-state index in [1.54, 1.807) is 17.1 Å². The lowest BCUT2D eigenvalue weighted by Crippen LogP contribution is -2.15. The van der Waals surface area contributed by atoms with Crippen LogP contribution < -0.4 is 5.73 Å². The van der Waals surface area contributed by atoms with Crippen molar-refractivity contribution in [3.8, 4) is 5.95 Å². The highest BCUT2D eigenvalue weighted by atomic mass is 79.9. The Kier molecular flexibility index (Phi) is 3.49. The van der Waals surface area contributed by atoms with Crippen molar-refractivity contribution in [2.45, 2.75) is 26.3 Å². The molecule has 17 heavy (non-hydrogen) atoms. The number of aryl methyl sites for hydroxylation is 1. The lowest BCUT2D eigenvalue weighted by Gasteiger charge is -2.05. The third-order valence-electron chi connectivity index (χ3n) is 2.20. The van der Waals surface area contributed by atoms with Gasteiger partial charge in [0.2, 0.25) is 0 Å². The minimum Gasteiger partial charge on any atom is -0.322 e. The van der Waals surface area contributed by atoms with E-state index >= 15 is 0 Å². The molecule has 6 nitrogen and oxygen atoms in total. The van der Waals surface area contributed by atoms with Gasteiger partial charge in [-0.3, -0.25) is 0 Å². The fraction of sp³-hybridized carbons (Fsp3) is 0.400. The van der Waals surface area contributed by atoms with Gasteiger partial charge in [-0.05, 0) is 22.9 Å². The maximum atomic E-state index is 5.86. The van der Waals surface area contributed by atoms with Crippen LogP contribution >= 0.6 is 15.9 Å². The normalized spacial score (nSPS) is 12.7. The summed E-state index contributed by atoms with van der Waals surface area (Å²) in [6.07, 6.45) is 4.09. The third kappa shape index (κ3) is 2.50. The Morgan fingerprint density at radius 2 is 2.06 bits per heavy atom. The molecule has 7 heteroatoms. The Balaban J connectivity index is 2.49. The maximum absolute atomic E-state index is 5.86. The molecule has 0 radical (unpaired) electrons. The van der Waals surface area contributed by atoms with Crippen molar-refractivity contribution in [1.29, 1.82) is 0 Å². The summed E-state index contributed by atoms with van der Waals surface area (Å²) < 4.78 is 2.41. The first-order valence-corrected chi connectivity index (χ1v) is 6.10. The van der Waals surface area contributed by atoms with E-state index in [-0.39, 0.29) is 6.04 Å². The quantitative estimate of drug-likeness (QED) is 0.926. The molecule has 2 aromatic rings. The van der Waals surface area contributed by atoms with Gasteiger partial charge in [0.05, 0.1) is 10.5 Å². The van der Waals surface area contributed by atoms with E-state index in [9.17, 15) is 0 Å². The van der Waals surface area contributed by atoms with Crippen molar-refractivity contribution in [3.63, 3.8) is 0 Å². The SMILES string of the molecule is CCc1nc([C@H](C)N)n(-c2ncc(Br)cn2)n1. The fourth-order valence-corrected chi connectivity index (χ4v) is 1.58. The second-order valence-electron chi connectivity index (χ2n) is 3.64. The summed E-state index contributed by atoms with van der Waals surface area (Å²) in [5, 5.41) is 4.34. The van der Waals surface area contributed by atoms with E-state index in [0.717, 1.165) is 16.7 Å². The fourth-order valence-electron chi connectivity index (χ4n) is 1.38. The minimum atomic E-state index is -0.213. The molecule has 1 atom stereocenters. The topological polar surface area (TPSA) is 82.5 Å². The number of nitrogens with two attached hydrogens (primary N) is 1. The minimum absolute atomic E-state index is 0.213. The molecule has 0 unspecified atom stereocenters. The van der Waals surface area contributed by atoms with Crippen LogP contribution in [0.1, 0.15) is 31.5 Å². The molecule has 0 saturated carbocycles. The van der Waals surface area contributed by atoms with Crippen molar-refractivity contribution >= 4 is 15.9 Å². The van der Waals surface area contributed by atoms with Gasteiger partial charge in [-0.25, -0.2) is 15.0 Å². The van der Waals surface area contributed by atoms with Crippen LogP contribution in [-0.4, -0.2) is 24.7 Å². The van der Waals surface area contributed by atoms with Gasteiger partial charge in [0.15, 0.2) is 11.6 Å². The zero-order valence-corrected chi connectivity index (χ0v) is 11.2. The zero-order valence-electron chi connectivity index (χ0n) is 9.63. The standard InChI is InChI=1S/C10H13BrN6/c1-3-8-15-9(6(2)12)17(16-8)10-13-4-7(11)5-14-10/h4-6H,3,12H2,1-2H3/t6-/m0/s1. The highest BCUT2D eigenvalue weighted by Gasteiger charge is 2.15. The van der Waals surface area contributed by atoms with Crippen LogP contribution in [0.5, 0.6) is 0 Å². The number of nitrogens with zero attached hydrogens (tertiary/aromatic N) is 5. The first-order chi connectivity index (χ1) is 8.11. The Morgan fingerprint density at radius 1 is 1.41 bits per heavy atom. The summed E-state index contributed by atoms with van der Waals surface area (Å²) in [5.41, 5.74) is 5.86. The monoisotopic (exact) mass is 296 g/mol. The van der Waals surface area contributed by atoms with Gasteiger partial charge < -0.3 is 5.73 Å². The van der Waals surface area contributed by atoms with E-state index in [0.29, 0.717) is 11.8 Å².